The van der Waals surface area contributed by atoms with E-state index < -0.39 is 0 Å². The summed E-state index contributed by atoms with van der Waals surface area (Å²) in [4.78, 5) is 10.8. The molecule has 19 heavy (non-hydrogen) atoms. The van der Waals surface area contributed by atoms with Gasteiger partial charge < -0.3 is 10.8 Å². The molecule has 0 radical (unpaired) electrons. The molecule has 0 saturated carbocycles. The van der Waals surface area contributed by atoms with E-state index in [1.54, 1.807) is 17.8 Å². The molecule has 2 rings (SSSR count). The van der Waals surface area contributed by atoms with Crippen LogP contribution in [0, 0.1) is 0 Å². The zero-order valence-electron chi connectivity index (χ0n) is 11.5. The fourth-order valence-electron chi connectivity index (χ4n) is 1.89. The molecular weight excluding hydrogens is 244 g/mol. The van der Waals surface area contributed by atoms with E-state index in [0.29, 0.717) is 18.2 Å². The Bertz CT molecular complexity index is 565. The maximum atomic E-state index is 9.27. The molecule has 0 aromatic carbocycles. The van der Waals surface area contributed by atoms with Crippen LogP contribution in [-0.2, 0) is 13.6 Å². The largest absolute Gasteiger partial charge is 0.393 e. The smallest absolute Gasteiger partial charge is 0.163 e. The molecule has 104 valence electrons. The molecule has 0 aliphatic carbocycles. The fraction of sp³-hybridized carbons (Fsp3) is 0.583. The van der Waals surface area contributed by atoms with E-state index in [4.69, 9.17) is 5.73 Å². The molecule has 2 aromatic heterocycles. The molecule has 1 atom stereocenters. The third kappa shape index (κ3) is 3.18. The standard InChI is InChI=1S/C12H20N6O/c1-8(19)4-5-17(2)7-10-15-11(13)9-6-14-18(3)12(9)16-10/h6,8,19H,4-5,7H2,1-3H3,(H2,13,15,16). The Morgan fingerprint density at radius 2 is 2.21 bits per heavy atom. The first kappa shape index (κ1) is 13.7. The second kappa shape index (κ2) is 5.50. The highest BCUT2D eigenvalue weighted by molar-refractivity contribution is 5.84. The Balaban J connectivity index is 2.14. The van der Waals surface area contributed by atoms with Gasteiger partial charge in [0.1, 0.15) is 11.6 Å². The normalized spacial score (nSPS) is 13.3. The zero-order valence-corrected chi connectivity index (χ0v) is 11.5. The highest BCUT2D eigenvalue weighted by Crippen LogP contribution is 2.16. The summed E-state index contributed by atoms with van der Waals surface area (Å²) in [6.07, 6.45) is 2.10. The van der Waals surface area contributed by atoms with E-state index in [-0.39, 0.29) is 6.10 Å². The molecule has 0 aliphatic heterocycles. The van der Waals surface area contributed by atoms with E-state index in [9.17, 15) is 5.11 Å². The van der Waals surface area contributed by atoms with Crippen molar-refractivity contribution in [3.63, 3.8) is 0 Å². The maximum Gasteiger partial charge on any atom is 0.163 e. The third-order valence-corrected chi connectivity index (χ3v) is 3.01. The van der Waals surface area contributed by atoms with Crippen LogP contribution < -0.4 is 5.73 Å². The molecular formula is C12H20N6O. The number of hydrogen-bond acceptors (Lipinski definition) is 6. The first-order chi connectivity index (χ1) is 8.97. The van der Waals surface area contributed by atoms with Crippen molar-refractivity contribution in [3.05, 3.63) is 12.0 Å². The molecule has 2 heterocycles. The van der Waals surface area contributed by atoms with Gasteiger partial charge in [-0.1, -0.05) is 0 Å². The Kier molecular flexibility index (Phi) is 3.96. The average molecular weight is 264 g/mol. The number of anilines is 1. The van der Waals surface area contributed by atoms with Crippen molar-refractivity contribution in [2.24, 2.45) is 7.05 Å². The van der Waals surface area contributed by atoms with Crippen LogP contribution >= 0.6 is 0 Å². The van der Waals surface area contributed by atoms with Crippen LogP contribution in [0.15, 0.2) is 6.20 Å². The Labute approximate surface area is 112 Å². The van der Waals surface area contributed by atoms with Crippen LogP contribution in [0.2, 0.25) is 0 Å². The molecule has 0 fully saturated rings. The molecule has 7 heteroatoms. The summed E-state index contributed by atoms with van der Waals surface area (Å²) < 4.78 is 1.69. The van der Waals surface area contributed by atoms with E-state index in [1.807, 2.05) is 14.1 Å². The SMILES string of the molecule is CC(O)CCN(C)Cc1nc(N)c2cnn(C)c2n1. The number of nitrogens with zero attached hydrogens (tertiary/aromatic N) is 5. The van der Waals surface area contributed by atoms with Crippen molar-refractivity contribution < 1.29 is 5.11 Å². The van der Waals surface area contributed by atoms with Crippen LogP contribution in [0.4, 0.5) is 5.82 Å². The van der Waals surface area contributed by atoms with E-state index in [1.165, 1.54) is 0 Å². The predicted molar refractivity (Wildman–Crippen MR) is 73.3 cm³/mol. The molecule has 1 unspecified atom stereocenters. The van der Waals surface area contributed by atoms with Crippen LogP contribution in [0.3, 0.4) is 0 Å². The molecule has 0 spiro atoms. The van der Waals surface area contributed by atoms with Crippen molar-refractivity contribution in [2.75, 3.05) is 19.3 Å². The van der Waals surface area contributed by atoms with Gasteiger partial charge >= 0.3 is 0 Å². The summed E-state index contributed by atoms with van der Waals surface area (Å²) >= 11 is 0. The summed E-state index contributed by atoms with van der Waals surface area (Å²) in [5.41, 5.74) is 6.65. The number of aromatic nitrogens is 4. The van der Waals surface area contributed by atoms with Crippen molar-refractivity contribution >= 4 is 16.9 Å². The summed E-state index contributed by atoms with van der Waals surface area (Å²) in [6.45, 7) is 3.16. The van der Waals surface area contributed by atoms with Gasteiger partial charge in [-0.2, -0.15) is 5.10 Å². The van der Waals surface area contributed by atoms with Crippen molar-refractivity contribution in [1.29, 1.82) is 0 Å². The lowest BCUT2D eigenvalue weighted by molar-refractivity contribution is 0.162. The lowest BCUT2D eigenvalue weighted by Gasteiger charge is -2.16. The first-order valence-corrected chi connectivity index (χ1v) is 6.28. The van der Waals surface area contributed by atoms with Gasteiger partial charge in [0, 0.05) is 13.6 Å². The molecule has 0 aliphatic rings. The minimum absolute atomic E-state index is 0.298. The molecule has 2 aromatic rings. The quantitative estimate of drug-likeness (QED) is 0.798. The highest BCUT2D eigenvalue weighted by atomic mass is 16.3. The van der Waals surface area contributed by atoms with E-state index >= 15 is 0 Å². The molecule has 0 amide bonds. The first-order valence-electron chi connectivity index (χ1n) is 6.28. The van der Waals surface area contributed by atoms with Gasteiger partial charge in [-0.3, -0.25) is 9.58 Å². The van der Waals surface area contributed by atoms with Gasteiger partial charge in [0.25, 0.3) is 0 Å². The molecule has 0 bridgehead atoms. The monoisotopic (exact) mass is 264 g/mol. The third-order valence-electron chi connectivity index (χ3n) is 3.01. The van der Waals surface area contributed by atoms with Crippen molar-refractivity contribution in [2.45, 2.75) is 26.0 Å². The topological polar surface area (TPSA) is 93.1 Å². The summed E-state index contributed by atoms with van der Waals surface area (Å²) in [5.74, 6) is 1.12. The molecule has 7 nitrogen and oxygen atoms in total. The highest BCUT2D eigenvalue weighted by Gasteiger charge is 2.11. The van der Waals surface area contributed by atoms with Gasteiger partial charge in [-0.15, -0.1) is 0 Å². The number of rotatable bonds is 5. The fourth-order valence-corrected chi connectivity index (χ4v) is 1.89. The lowest BCUT2D eigenvalue weighted by Crippen LogP contribution is -2.23. The van der Waals surface area contributed by atoms with Gasteiger partial charge in [0.05, 0.1) is 24.2 Å². The van der Waals surface area contributed by atoms with E-state index in [0.717, 1.165) is 24.0 Å². The minimum Gasteiger partial charge on any atom is -0.393 e. The lowest BCUT2D eigenvalue weighted by atomic mass is 10.3. The number of nitrogen functional groups attached to an aromatic ring is 1. The van der Waals surface area contributed by atoms with Crippen LogP contribution in [0.25, 0.3) is 11.0 Å². The van der Waals surface area contributed by atoms with Crippen LogP contribution in [0.1, 0.15) is 19.2 Å². The maximum absolute atomic E-state index is 9.27. The summed E-state index contributed by atoms with van der Waals surface area (Å²) in [6, 6.07) is 0. The van der Waals surface area contributed by atoms with Crippen LogP contribution in [0.5, 0.6) is 0 Å². The van der Waals surface area contributed by atoms with Crippen LogP contribution in [-0.4, -0.2) is 49.5 Å². The van der Waals surface area contributed by atoms with Gasteiger partial charge in [-0.25, -0.2) is 9.97 Å². The number of aliphatic hydroxyl groups excluding tert-OH is 1. The van der Waals surface area contributed by atoms with Crippen molar-refractivity contribution in [1.82, 2.24) is 24.6 Å². The number of fused-ring (bicyclic) bond motifs is 1. The van der Waals surface area contributed by atoms with Gasteiger partial charge in [0.15, 0.2) is 5.65 Å². The van der Waals surface area contributed by atoms with Crippen molar-refractivity contribution in [3.8, 4) is 0 Å². The predicted octanol–water partition coefficient (Wildman–Crippen LogP) is 0.148. The minimum atomic E-state index is -0.298. The molecule has 0 saturated heterocycles. The Morgan fingerprint density at radius 3 is 2.89 bits per heavy atom. The number of nitrogens with two attached hydrogens (primary N) is 1. The second-order valence-electron chi connectivity index (χ2n) is 4.91. The second-order valence-corrected chi connectivity index (χ2v) is 4.91. The Hall–Kier alpha value is -1.73. The Morgan fingerprint density at radius 1 is 1.47 bits per heavy atom. The number of aliphatic hydroxyl groups is 1. The average Bonchev–Trinajstić information content (AvgIpc) is 2.69. The summed E-state index contributed by atoms with van der Waals surface area (Å²) in [7, 11) is 3.80. The van der Waals surface area contributed by atoms with Gasteiger partial charge in [0.2, 0.25) is 0 Å². The summed E-state index contributed by atoms with van der Waals surface area (Å²) in [5, 5.41) is 14.2. The molecule has 3 N–H and O–H groups in total. The number of aryl methyl sites for hydroxylation is 1. The van der Waals surface area contributed by atoms with E-state index in [2.05, 4.69) is 20.0 Å². The van der Waals surface area contributed by atoms with Gasteiger partial charge in [-0.05, 0) is 20.4 Å². The number of hydrogen-bond donors (Lipinski definition) is 2. The zero-order chi connectivity index (χ0) is 14.0.